The van der Waals surface area contributed by atoms with Gasteiger partial charge in [0.05, 0.1) is 13.2 Å². The van der Waals surface area contributed by atoms with Gasteiger partial charge in [-0.3, -0.25) is 14.4 Å². The minimum absolute atomic E-state index is 0.0299. The Bertz CT molecular complexity index is 938. The van der Waals surface area contributed by atoms with Gasteiger partial charge in [0.25, 0.3) is 0 Å². The van der Waals surface area contributed by atoms with Crippen LogP contribution < -0.4 is 0 Å². The van der Waals surface area contributed by atoms with E-state index in [1.54, 1.807) is 0 Å². The fourth-order valence-electron chi connectivity index (χ4n) is 5.67. The van der Waals surface area contributed by atoms with Crippen LogP contribution in [-0.4, -0.2) is 62.8 Å². The zero-order valence-electron chi connectivity index (χ0n) is 33.4. The molecule has 0 aliphatic heterocycles. The molecule has 0 saturated heterocycles. The highest BCUT2D eigenvalue weighted by molar-refractivity contribution is 5.70. The molecule has 0 aromatic carbocycles. The predicted octanol–water partition coefficient (Wildman–Crippen LogP) is 11.6. The SMILES string of the molecule is CCCOC(=O)CC/C=C\C/C=C\CCCCCCCCC(CCCCCCCC/C=C\C/C=C\CCC(=O)OCC)OC(=O)CCCN(C)C. The van der Waals surface area contributed by atoms with Crippen LogP contribution in [0, 0.1) is 0 Å². The molecule has 294 valence electrons. The molecule has 0 amide bonds. The van der Waals surface area contributed by atoms with Crippen molar-refractivity contribution in [3.63, 3.8) is 0 Å². The number of hydrogen-bond acceptors (Lipinski definition) is 7. The van der Waals surface area contributed by atoms with Crippen LogP contribution in [0.3, 0.4) is 0 Å². The highest BCUT2D eigenvalue weighted by Gasteiger charge is 2.14. The molecule has 0 aliphatic rings. The molecule has 0 N–H and O–H groups in total. The third kappa shape index (κ3) is 38.4. The van der Waals surface area contributed by atoms with Crippen LogP contribution in [0.4, 0.5) is 0 Å². The lowest BCUT2D eigenvalue weighted by molar-refractivity contribution is -0.150. The second kappa shape index (κ2) is 38.6. The first-order valence-corrected chi connectivity index (χ1v) is 20.6. The normalized spacial score (nSPS) is 12.6. The summed E-state index contributed by atoms with van der Waals surface area (Å²) in [5.74, 6) is -0.256. The molecule has 0 fully saturated rings. The topological polar surface area (TPSA) is 82.1 Å². The monoisotopic (exact) mass is 716 g/mol. The fraction of sp³-hybridized carbons (Fsp3) is 0.750. The molecule has 0 heterocycles. The molecular weight excluding hydrogens is 638 g/mol. The number of nitrogens with zero attached hydrogens (tertiary/aromatic N) is 1. The van der Waals surface area contributed by atoms with Gasteiger partial charge in [-0.1, -0.05) is 107 Å². The molecule has 0 radical (unpaired) electrons. The third-order valence-corrected chi connectivity index (χ3v) is 8.59. The van der Waals surface area contributed by atoms with Crippen molar-refractivity contribution < 1.29 is 28.6 Å². The number of rotatable bonds is 36. The van der Waals surface area contributed by atoms with E-state index < -0.39 is 0 Å². The molecule has 0 spiro atoms. The molecule has 0 aliphatic carbocycles. The Balaban J connectivity index is 4.04. The van der Waals surface area contributed by atoms with Crippen molar-refractivity contribution in [2.45, 2.75) is 180 Å². The second-order valence-corrected chi connectivity index (χ2v) is 13.9. The summed E-state index contributed by atoms with van der Waals surface area (Å²) in [4.78, 5) is 37.5. The summed E-state index contributed by atoms with van der Waals surface area (Å²) in [7, 11) is 4.08. The van der Waals surface area contributed by atoms with Crippen molar-refractivity contribution in [1.29, 1.82) is 0 Å². The van der Waals surface area contributed by atoms with Gasteiger partial charge in [-0.25, -0.2) is 0 Å². The van der Waals surface area contributed by atoms with Gasteiger partial charge in [-0.2, -0.15) is 0 Å². The molecule has 51 heavy (non-hydrogen) atoms. The van der Waals surface area contributed by atoms with Crippen molar-refractivity contribution >= 4 is 17.9 Å². The van der Waals surface area contributed by atoms with E-state index in [1.165, 1.54) is 64.2 Å². The summed E-state index contributed by atoms with van der Waals surface area (Å²) in [6, 6.07) is 0. The second-order valence-electron chi connectivity index (χ2n) is 13.9. The van der Waals surface area contributed by atoms with Crippen molar-refractivity contribution in [2.75, 3.05) is 33.9 Å². The number of carbonyl (C=O) groups is 3. The van der Waals surface area contributed by atoms with Crippen LogP contribution >= 0.6 is 0 Å². The molecule has 0 aromatic heterocycles. The average molecular weight is 716 g/mol. The molecule has 1 unspecified atom stereocenters. The Hall–Kier alpha value is -2.67. The molecule has 0 aromatic rings. The summed E-state index contributed by atoms with van der Waals surface area (Å²) < 4.78 is 16.0. The van der Waals surface area contributed by atoms with Gasteiger partial charge < -0.3 is 19.1 Å². The molecule has 0 saturated carbocycles. The van der Waals surface area contributed by atoms with E-state index in [-0.39, 0.29) is 24.0 Å². The van der Waals surface area contributed by atoms with E-state index in [0.717, 1.165) is 83.6 Å². The van der Waals surface area contributed by atoms with E-state index in [9.17, 15) is 14.4 Å². The van der Waals surface area contributed by atoms with Gasteiger partial charge in [0.1, 0.15) is 6.10 Å². The van der Waals surface area contributed by atoms with E-state index in [4.69, 9.17) is 14.2 Å². The number of allylic oxidation sites excluding steroid dienone is 8. The lowest BCUT2D eigenvalue weighted by atomic mass is 10.0. The summed E-state index contributed by atoms with van der Waals surface area (Å²) >= 11 is 0. The molecule has 1 atom stereocenters. The van der Waals surface area contributed by atoms with Gasteiger partial charge in [0, 0.05) is 19.3 Å². The van der Waals surface area contributed by atoms with Crippen LogP contribution in [0.15, 0.2) is 48.6 Å². The number of carbonyl (C=O) groups excluding carboxylic acids is 3. The minimum Gasteiger partial charge on any atom is -0.466 e. The van der Waals surface area contributed by atoms with E-state index in [1.807, 2.05) is 27.9 Å². The largest absolute Gasteiger partial charge is 0.466 e. The van der Waals surface area contributed by atoms with Crippen molar-refractivity contribution in [3.8, 4) is 0 Å². The average Bonchev–Trinajstić information content (AvgIpc) is 3.10. The van der Waals surface area contributed by atoms with E-state index in [0.29, 0.717) is 32.5 Å². The minimum atomic E-state index is -0.122. The van der Waals surface area contributed by atoms with Crippen LogP contribution in [0.1, 0.15) is 174 Å². The van der Waals surface area contributed by atoms with Crippen molar-refractivity contribution in [2.24, 2.45) is 0 Å². The molecule has 0 bridgehead atoms. The maximum absolute atomic E-state index is 12.5. The lowest BCUT2D eigenvalue weighted by Crippen LogP contribution is -2.20. The fourth-order valence-corrected chi connectivity index (χ4v) is 5.67. The third-order valence-electron chi connectivity index (χ3n) is 8.59. The van der Waals surface area contributed by atoms with Gasteiger partial charge in [-0.15, -0.1) is 0 Å². The zero-order chi connectivity index (χ0) is 37.5. The summed E-state index contributed by atoms with van der Waals surface area (Å²) in [5, 5.41) is 0. The Morgan fingerprint density at radius 1 is 0.510 bits per heavy atom. The van der Waals surface area contributed by atoms with Crippen LogP contribution in [0.2, 0.25) is 0 Å². The molecule has 7 heteroatoms. The highest BCUT2D eigenvalue weighted by Crippen LogP contribution is 2.18. The Morgan fingerprint density at radius 3 is 1.43 bits per heavy atom. The van der Waals surface area contributed by atoms with Crippen molar-refractivity contribution in [3.05, 3.63) is 48.6 Å². The zero-order valence-corrected chi connectivity index (χ0v) is 33.4. The van der Waals surface area contributed by atoms with Crippen LogP contribution in [-0.2, 0) is 28.6 Å². The quantitative estimate of drug-likeness (QED) is 0.0276. The van der Waals surface area contributed by atoms with Gasteiger partial charge >= 0.3 is 17.9 Å². The number of hydrogen-bond donors (Lipinski definition) is 0. The molecule has 0 rings (SSSR count). The van der Waals surface area contributed by atoms with Crippen molar-refractivity contribution in [1.82, 2.24) is 4.90 Å². The Morgan fingerprint density at radius 2 is 0.961 bits per heavy atom. The summed E-state index contributed by atoms with van der Waals surface area (Å²) in [6.07, 6.45) is 42.8. The van der Waals surface area contributed by atoms with E-state index >= 15 is 0 Å². The first-order chi connectivity index (χ1) is 24.9. The molecule has 7 nitrogen and oxygen atoms in total. The maximum atomic E-state index is 12.5. The predicted molar refractivity (Wildman–Crippen MR) is 214 cm³/mol. The van der Waals surface area contributed by atoms with Gasteiger partial charge in [0.15, 0.2) is 0 Å². The lowest BCUT2D eigenvalue weighted by Gasteiger charge is -2.18. The van der Waals surface area contributed by atoms with Gasteiger partial charge in [0.2, 0.25) is 0 Å². The Labute approximate surface area is 313 Å². The summed E-state index contributed by atoms with van der Waals surface area (Å²) in [5.41, 5.74) is 0. The summed E-state index contributed by atoms with van der Waals surface area (Å²) in [6.45, 7) is 5.72. The Kier molecular flexibility index (Phi) is 36.5. The maximum Gasteiger partial charge on any atom is 0.306 e. The first kappa shape index (κ1) is 48.3. The van der Waals surface area contributed by atoms with Crippen LogP contribution in [0.5, 0.6) is 0 Å². The van der Waals surface area contributed by atoms with E-state index in [2.05, 4.69) is 53.5 Å². The number of ether oxygens (including phenoxy) is 3. The standard InChI is InChI=1S/C44H77NO6/c1-5-40-50-43(47)37-32-28-24-20-16-12-8-10-14-18-22-26-30-35-41(51-44(48)38-33-39-45(3)4)34-29-25-21-17-13-9-7-11-15-19-23-27-31-36-42(46)49-6-2/h11-12,15-16,23-24,27-28,41H,5-10,13-14,17-22,25-26,29-40H2,1-4H3/b15-11-,16-12-,27-23-,28-24-. The first-order valence-electron chi connectivity index (χ1n) is 20.6. The smallest absolute Gasteiger partial charge is 0.306 e. The number of unbranched alkanes of at least 4 members (excludes halogenated alkanes) is 12. The van der Waals surface area contributed by atoms with Crippen LogP contribution in [0.25, 0.3) is 0 Å². The highest BCUT2D eigenvalue weighted by atomic mass is 16.5. The van der Waals surface area contributed by atoms with Gasteiger partial charge in [-0.05, 0) is 117 Å². The molecular formula is C44H77NO6. The number of esters is 3.